The molecule has 28 heavy (non-hydrogen) atoms. The summed E-state index contributed by atoms with van der Waals surface area (Å²) in [7, 11) is 4.20. The highest BCUT2D eigenvalue weighted by Gasteiger charge is 2.28. The lowest BCUT2D eigenvalue weighted by molar-refractivity contribution is 0.326. The maximum absolute atomic E-state index is 5.01. The molecule has 0 unspecified atom stereocenters. The Morgan fingerprint density at radius 1 is 1.14 bits per heavy atom. The highest BCUT2D eigenvalue weighted by Crippen LogP contribution is 2.32. The van der Waals surface area contributed by atoms with E-state index in [1.807, 2.05) is 12.3 Å². The van der Waals surface area contributed by atoms with Crippen LogP contribution in [-0.4, -0.2) is 58.3 Å². The van der Waals surface area contributed by atoms with Crippen molar-refractivity contribution >= 4 is 11.0 Å². The summed E-state index contributed by atoms with van der Waals surface area (Å²) < 4.78 is 2.09. The van der Waals surface area contributed by atoms with E-state index in [0.717, 1.165) is 38.4 Å². The van der Waals surface area contributed by atoms with Crippen molar-refractivity contribution < 1.29 is 0 Å². The second-order valence-corrected chi connectivity index (χ2v) is 8.43. The van der Waals surface area contributed by atoms with E-state index in [1.54, 1.807) is 0 Å². The van der Waals surface area contributed by atoms with Crippen molar-refractivity contribution in [2.24, 2.45) is 0 Å². The van der Waals surface area contributed by atoms with E-state index in [-0.39, 0.29) is 0 Å². The van der Waals surface area contributed by atoms with Gasteiger partial charge in [-0.15, -0.1) is 0 Å². The number of nitrogens with zero attached hydrogens (tertiary/aromatic N) is 5. The molecule has 1 aromatic carbocycles. The summed E-state index contributed by atoms with van der Waals surface area (Å²) in [5.74, 6) is 0.485. The first-order chi connectivity index (χ1) is 13.5. The second-order valence-electron chi connectivity index (χ2n) is 8.43. The number of benzene rings is 1. The monoisotopic (exact) mass is 377 g/mol. The van der Waals surface area contributed by atoms with E-state index in [1.165, 1.54) is 34.2 Å². The Hall–Kier alpha value is -2.24. The molecular weight excluding hydrogens is 346 g/mol. The van der Waals surface area contributed by atoms with E-state index in [2.05, 4.69) is 71.7 Å². The molecule has 3 heterocycles. The maximum Gasteiger partial charge on any atom is 0.158 e. The lowest BCUT2D eigenvalue weighted by Gasteiger charge is -2.16. The number of likely N-dealkylation sites (N-methyl/N-ethyl adjacent to an activating group) is 1. The zero-order valence-corrected chi connectivity index (χ0v) is 17.5. The topological polar surface area (TPSA) is 37.2 Å². The third kappa shape index (κ3) is 3.96. The fraction of sp³-hybridized carbons (Fsp3) is 0.478. The second kappa shape index (κ2) is 8.02. The van der Waals surface area contributed by atoms with Crippen molar-refractivity contribution in [1.29, 1.82) is 0 Å². The minimum Gasteiger partial charge on any atom is -0.308 e. The van der Waals surface area contributed by atoms with Gasteiger partial charge in [-0.25, -0.2) is 9.67 Å². The number of pyridine rings is 1. The largest absolute Gasteiger partial charge is 0.308 e. The first-order valence-corrected chi connectivity index (χ1v) is 10.3. The lowest BCUT2D eigenvalue weighted by Crippen LogP contribution is -2.20. The molecule has 0 spiro atoms. The number of aryl methyl sites for hydroxylation is 2. The number of likely N-dealkylation sites (tertiary alicyclic amines) is 1. The Morgan fingerprint density at radius 2 is 2.00 bits per heavy atom. The molecule has 0 saturated carbocycles. The van der Waals surface area contributed by atoms with Crippen LogP contribution in [0.1, 0.15) is 34.7 Å². The van der Waals surface area contributed by atoms with E-state index < -0.39 is 0 Å². The molecule has 0 radical (unpaired) electrons. The Labute approximate surface area is 168 Å². The fourth-order valence-electron chi connectivity index (χ4n) is 4.15. The van der Waals surface area contributed by atoms with E-state index in [0.29, 0.717) is 5.92 Å². The Bertz CT molecular complexity index is 959. The average molecular weight is 378 g/mol. The van der Waals surface area contributed by atoms with Gasteiger partial charge in [-0.05, 0) is 69.7 Å². The van der Waals surface area contributed by atoms with Gasteiger partial charge in [0.05, 0.1) is 12.2 Å². The van der Waals surface area contributed by atoms with Gasteiger partial charge < -0.3 is 4.90 Å². The van der Waals surface area contributed by atoms with Crippen molar-refractivity contribution in [3.05, 3.63) is 58.9 Å². The molecule has 2 aromatic heterocycles. The summed E-state index contributed by atoms with van der Waals surface area (Å²) in [4.78, 5) is 9.38. The van der Waals surface area contributed by atoms with Crippen molar-refractivity contribution in [2.45, 2.75) is 39.3 Å². The summed E-state index contributed by atoms with van der Waals surface area (Å²) in [5.41, 5.74) is 6.40. The predicted octanol–water partition coefficient (Wildman–Crippen LogP) is 3.60. The van der Waals surface area contributed by atoms with E-state index in [4.69, 9.17) is 5.10 Å². The molecule has 0 aliphatic carbocycles. The molecule has 1 aliphatic heterocycles. The van der Waals surface area contributed by atoms with Crippen molar-refractivity contribution in [3.63, 3.8) is 0 Å². The maximum atomic E-state index is 5.01. The molecule has 148 valence electrons. The van der Waals surface area contributed by atoms with Gasteiger partial charge in [0.15, 0.2) is 5.65 Å². The third-order valence-corrected chi connectivity index (χ3v) is 5.93. The number of fused-ring (bicyclic) bond motifs is 1. The summed E-state index contributed by atoms with van der Waals surface area (Å²) in [6.45, 7) is 9.44. The van der Waals surface area contributed by atoms with Gasteiger partial charge in [0.25, 0.3) is 0 Å². The highest BCUT2D eigenvalue weighted by atomic mass is 15.3. The van der Waals surface area contributed by atoms with Gasteiger partial charge in [0.2, 0.25) is 0 Å². The molecule has 5 nitrogen and oxygen atoms in total. The van der Waals surface area contributed by atoms with Crippen molar-refractivity contribution in [1.82, 2.24) is 24.6 Å². The number of hydrogen-bond donors (Lipinski definition) is 0. The predicted molar refractivity (Wildman–Crippen MR) is 115 cm³/mol. The number of rotatable bonds is 6. The van der Waals surface area contributed by atoms with Crippen LogP contribution in [0.5, 0.6) is 0 Å². The molecule has 5 heteroatoms. The molecule has 1 atom stereocenters. The summed E-state index contributed by atoms with van der Waals surface area (Å²) in [6.07, 6.45) is 3.04. The van der Waals surface area contributed by atoms with Crippen LogP contribution < -0.4 is 0 Å². The minimum absolute atomic E-state index is 0.485. The Morgan fingerprint density at radius 3 is 2.79 bits per heavy atom. The van der Waals surface area contributed by atoms with E-state index >= 15 is 0 Å². The minimum atomic E-state index is 0.485. The smallest absolute Gasteiger partial charge is 0.158 e. The molecule has 0 amide bonds. The van der Waals surface area contributed by atoms with Crippen LogP contribution in [0.4, 0.5) is 0 Å². The van der Waals surface area contributed by atoms with Gasteiger partial charge in [0, 0.05) is 37.1 Å². The van der Waals surface area contributed by atoms with Crippen LogP contribution in [0, 0.1) is 13.8 Å². The van der Waals surface area contributed by atoms with Crippen molar-refractivity contribution in [3.8, 4) is 0 Å². The van der Waals surface area contributed by atoms with Crippen LogP contribution >= 0.6 is 0 Å². The summed E-state index contributed by atoms with van der Waals surface area (Å²) >= 11 is 0. The van der Waals surface area contributed by atoms with E-state index in [9.17, 15) is 0 Å². The normalized spacial score (nSPS) is 17.8. The molecule has 0 N–H and O–H groups in total. The fourth-order valence-corrected chi connectivity index (χ4v) is 4.15. The molecule has 1 saturated heterocycles. The van der Waals surface area contributed by atoms with Crippen LogP contribution in [0.15, 0.2) is 36.5 Å². The SMILES string of the molecule is Cc1ccc(CN2CC[C@H](c3nn(CCN(C)C)c4ncccc34)C2)cc1C. The highest BCUT2D eigenvalue weighted by molar-refractivity contribution is 5.78. The summed E-state index contributed by atoms with van der Waals surface area (Å²) in [5, 5.41) is 6.23. The van der Waals surface area contributed by atoms with Gasteiger partial charge in [-0.2, -0.15) is 5.10 Å². The van der Waals surface area contributed by atoms with Gasteiger partial charge in [0.1, 0.15) is 0 Å². The van der Waals surface area contributed by atoms with Crippen LogP contribution in [-0.2, 0) is 13.1 Å². The molecule has 1 fully saturated rings. The first-order valence-electron chi connectivity index (χ1n) is 10.3. The van der Waals surface area contributed by atoms with Crippen molar-refractivity contribution in [2.75, 3.05) is 33.7 Å². The first kappa shape index (κ1) is 19.1. The zero-order valence-electron chi connectivity index (χ0n) is 17.5. The van der Waals surface area contributed by atoms with Crippen LogP contribution in [0.2, 0.25) is 0 Å². The zero-order chi connectivity index (χ0) is 19.7. The molecular formula is C23H31N5. The van der Waals surface area contributed by atoms with Gasteiger partial charge in [-0.1, -0.05) is 18.2 Å². The lowest BCUT2D eigenvalue weighted by atomic mass is 10.0. The van der Waals surface area contributed by atoms with Crippen LogP contribution in [0.3, 0.4) is 0 Å². The van der Waals surface area contributed by atoms with Crippen LogP contribution in [0.25, 0.3) is 11.0 Å². The van der Waals surface area contributed by atoms with Gasteiger partial charge in [-0.3, -0.25) is 4.90 Å². The van der Waals surface area contributed by atoms with Gasteiger partial charge >= 0.3 is 0 Å². The Balaban J connectivity index is 1.52. The Kier molecular flexibility index (Phi) is 5.47. The standard InChI is InChI=1S/C23H31N5/c1-17-7-8-19(14-18(17)2)15-27-11-9-20(16-27)22-21-6-5-10-24-23(21)28(25-22)13-12-26(3)4/h5-8,10,14,20H,9,11-13,15-16H2,1-4H3/t20-/m0/s1. The average Bonchev–Trinajstić information content (AvgIpc) is 3.27. The number of aromatic nitrogens is 3. The number of hydrogen-bond acceptors (Lipinski definition) is 4. The third-order valence-electron chi connectivity index (χ3n) is 5.93. The molecule has 4 rings (SSSR count). The molecule has 1 aliphatic rings. The quantitative estimate of drug-likeness (QED) is 0.658. The summed E-state index contributed by atoms with van der Waals surface area (Å²) in [6, 6.07) is 11.1. The molecule has 0 bridgehead atoms. The molecule has 3 aromatic rings.